The van der Waals surface area contributed by atoms with Gasteiger partial charge in [0.15, 0.2) is 11.0 Å². The van der Waals surface area contributed by atoms with Crippen molar-refractivity contribution in [3.63, 3.8) is 0 Å². The SMILES string of the molecule is NC(=O)c1ccc(-c2cccc3c2CC[C@H]3Oc2ccc(C3=CC(=O)NS3=O)cc2)cn1. The van der Waals surface area contributed by atoms with Crippen molar-refractivity contribution in [2.45, 2.75) is 18.9 Å². The third-order valence-corrected chi connectivity index (χ3v) is 6.75. The van der Waals surface area contributed by atoms with Crippen molar-refractivity contribution in [1.29, 1.82) is 0 Å². The lowest BCUT2D eigenvalue weighted by Crippen LogP contribution is -2.16. The topological polar surface area (TPSA) is 111 Å². The van der Waals surface area contributed by atoms with Crippen LogP contribution in [-0.2, 0) is 22.2 Å². The number of hydrogen-bond donors (Lipinski definition) is 2. The molecule has 5 rings (SSSR count). The van der Waals surface area contributed by atoms with Crippen LogP contribution in [0, 0.1) is 0 Å². The number of primary amides is 1. The molecule has 2 heterocycles. The summed E-state index contributed by atoms with van der Waals surface area (Å²) in [7, 11) is -1.52. The average molecular weight is 446 g/mol. The Labute approximate surface area is 186 Å². The zero-order chi connectivity index (χ0) is 22.2. The van der Waals surface area contributed by atoms with Gasteiger partial charge in [-0.3, -0.25) is 19.3 Å². The first kappa shape index (κ1) is 20.1. The minimum absolute atomic E-state index is 0.0864. The molecule has 1 unspecified atom stereocenters. The van der Waals surface area contributed by atoms with Crippen molar-refractivity contribution in [1.82, 2.24) is 9.71 Å². The highest BCUT2D eigenvalue weighted by Crippen LogP contribution is 2.40. The predicted molar refractivity (Wildman–Crippen MR) is 121 cm³/mol. The number of amides is 2. The molecule has 0 saturated carbocycles. The summed E-state index contributed by atoms with van der Waals surface area (Å²) in [6.07, 6.45) is 4.65. The number of fused-ring (bicyclic) bond motifs is 1. The van der Waals surface area contributed by atoms with E-state index in [2.05, 4.69) is 15.8 Å². The lowest BCUT2D eigenvalue weighted by atomic mass is 9.97. The molecular formula is C24H19N3O4S. The Morgan fingerprint density at radius 2 is 1.88 bits per heavy atom. The van der Waals surface area contributed by atoms with Crippen LogP contribution >= 0.6 is 0 Å². The second-order valence-corrected chi connectivity index (χ2v) is 8.76. The smallest absolute Gasteiger partial charge is 0.267 e. The first-order chi connectivity index (χ1) is 15.5. The largest absolute Gasteiger partial charge is 0.486 e. The Morgan fingerprint density at radius 3 is 2.53 bits per heavy atom. The minimum Gasteiger partial charge on any atom is -0.486 e. The van der Waals surface area contributed by atoms with E-state index in [1.54, 1.807) is 24.4 Å². The zero-order valence-corrected chi connectivity index (χ0v) is 17.7. The number of nitrogens with zero attached hydrogens (tertiary/aromatic N) is 1. The summed E-state index contributed by atoms with van der Waals surface area (Å²) < 4.78 is 20.6. The van der Waals surface area contributed by atoms with Crippen LogP contribution in [0.5, 0.6) is 5.75 Å². The van der Waals surface area contributed by atoms with Crippen LogP contribution in [0.25, 0.3) is 16.0 Å². The average Bonchev–Trinajstić information content (AvgIpc) is 3.36. The van der Waals surface area contributed by atoms with Crippen LogP contribution < -0.4 is 15.2 Å². The number of ether oxygens (including phenoxy) is 1. The summed E-state index contributed by atoms with van der Waals surface area (Å²) in [4.78, 5) is 27.3. The first-order valence-corrected chi connectivity index (χ1v) is 11.2. The fraction of sp³-hybridized carbons (Fsp3) is 0.125. The molecule has 1 aliphatic heterocycles. The Hall–Kier alpha value is -3.78. The van der Waals surface area contributed by atoms with E-state index in [9.17, 15) is 13.8 Å². The standard InChI is InChI=1S/C24H19N3O4S/c25-24(29)20-10-6-15(13-26-20)17-2-1-3-19-18(17)9-11-21(19)31-16-7-4-14(5-8-16)22-12-23(28)27-32(22)30/h1-8,10,12-13,21H,9,11H2,(H2,25,29)(H,27,28)/t21-,32?/m1/s1. The van der Waals surface area contributed by atoms with Crippen molar-refractivity contribution in [2.75, 3.05) is 0 Å². The molecule has 8 heteroatoms. The van der Waals surface area contributed by atoms with Gasteiger partial charge in [0, 0.05) is 17.8 Å². The minimum atomic E-state index is -1.52. The molecule has 0 radical (unpaired) electrons. The number of aromatic nitrogens is 1. The number of hydrogen-bond acceptors (Lipinski definition) is 5. The number of benzene rings is 2. The van der Waals surface area contributed by atoms with Crippen molar-refractivity contribution < 1.29 is 18.5 Å². The molecule has 3 N–H and O–H groups in total. The molecule has 3 aromatic rings. The molecule has 160 valence electrons. The molecule has 0 bridgehead atoms. The number of carbonyl (C=O) groups excluding carboxylic acids is 2. The van der Waals surface area contributed by atoms with Gasteiger partial charge in [-0.2, -0.15) is 0 Å². The molecule has 2 aliphatic rings. The molecule has 0 saturated heterocycles. The van der Waals surface area contributed by atoms with E-state index in [0.29, 0.717) is 10.7 Å². The fourth-order valence-electron chi connectivity index (χ4n) is 4.11. The summed E-state index contributed by atoms with van der Waals surface area (Å²) >= 11 is 0. The molecule has 2 atom stereocenters. The van der Waals surface area contributed by atoms with Gasteiger partial charge < -0.3 is 10.5 Å². The van der Waals surface area contributed by atoms with Crippen LogP contribution in [0.4, 0.5) is 0 Å². The highest BCUT2D eigenvalue weighted by Gasteiger charge is 2.27. The summed E-state index contributed by atoms with van der Waals surface area (Å²) in [6.45, 7) is 0. The summed E-state index contributed by atoms with van der Waals surface area (Å²) in [6, 6.07) is 16.9. The number of pyridine rings is 1. The van der Waals surface area contributed by atoms with Crippen LogP contribution in [0.3, 0.4) is 0 Å². The lowest BCUT2D eigenvalue weighted by Gasteiger charge is -2.16. The van der Waals surface area contributed by atoms with Crippen molar-refractivity contribution >= 4 is 27.7 Å². The first-order valence-electron chi connectivity index (χ1n) is 10.1. The van der Waals surface area contributed by atoms with Gasteiger partial charge in [0.1, 0.15) is 17.5 Å². The van der Waals surface area contributed by atoms with E-state index < -0.39 is 16.9 Å². The second kappa shape index (κ2) is 8.05. The van der Waals surface area contributed by atoms with Crippen molar-refractivity contribution in [2.24, 2.45) is 5.73 Å². The van der Waals surface area contributed by atoms with Gasteiger partial charge in [-0.25, -0.2) is 4.21 Å². The van der Waals surface area contributed by atoms with Crippen LogP contribution in [-0.4, -0.2) is 21.0 Å². The van der Waals surface area contributed by atoms with E-state index in [4.69, 9.17) is 10.5 Å². The van der Waals surface area contributed by atoms with Gasteiger partial charge in [0.25, 0.3) is 11.8 Å². The van der Waals surface area contributed by atoms with E-state index in [1.165, 1.54) is 11.6 Å². The van der Waals surface area contributed by atoms with Crippen molar-refractivity contribution in [3.05, 3.63) is 89.3 Å². The van der Waals surface area contributed by atoms with Gasteiger partial charge in [-0.1, -0.05) is 36.4 Å². The van der Waals surface area contributed by atoms with Gasteiger partial charge >= 0.3 is 0 Å². The highest BCUT2D eigenvalue weighted by molar-refractivity contribution is 7.93. The van der Waals surface area contributed by atoms with Crippen LogP contribution in [0.2, 0.25) is 0 Å². The maximum Gasteiger partial charge on any atom is 0.267 e. The Balaban J connectivity index is 1.37. The monoisotopic (exact) mass is 445 g/mol. The number of nitrogens with one attached hydrogen (secondary N) is 1. The highest BCUT2D eigenvalue weighted by atomic mass is 32.2. The maximum absolute atomic E-state index is 11.9. The molecular weight excluding hydrogens is 426 g/mol. The van der Waals surface area contributed by atoms with E-state index in [-0.39, 0.29) is 17.7 Å². The normalized spacial score (nSPS) is 19.2. The van der Waals surface area contributed by atoms with E-state index >= 15 is 0 Å². The maximum atomic E-state index is 11.9. The third-order valence-electron chi connectivity index (χ3n) is 5.61. The lowest BCUT2D eigenvalue weighted by molar-refractivity contribution is -0.114. The number of nitrogens with two attached hydrogens (primary N) is 1. The van der Waals surface area contributed by atoms with E-state index in [0.717, 1.165) is 35.1 Å². The number of rotatable bonds is 5. The number of carbonyl (C=O) groups is 2. The summed E-state index contributed by atoms with van der Waals surface area (Å²) in [5.41, 5.74) is 10.6. The molecule has 0 spiro atoms. The molecule has 2 amide bonds. The summed E-state index contributed by atoms with van der Waals surface area (Å²) in [5.74, 6) is -0.197. The Morgan fingerprint density at radius 1 is 1.09 bits per heavy atom. The molecule has 2 aromatic carbocycles. The van der Waals surface area contributed by atoms with Gasteiger partial charge in [0.05, 0.1) is 4.91 Å². The second-order valence-electron chi connectivity index (χ2n) is 7.58. The molecule has 1 aliphatic carbocycles. The van der Waals surface area contributed by atoms with E-state index in [1.807, 2.05) is 30.3 Å². The molecule has 0 fully saturated rings. The zero-order valence-electron chi connectivity index (χ0n) is 16.9. The van der Waals surface area contributed by atoms with Crippen LogP contribution in [0.1, 0.15) is 39.7 Å². The predicted octanol–water partition coefficient (Wildman–Crippen LogP) is 3.05. The van der Waals surface area contributed by atoms with Gasteiger partial charge in [0.2, 0.25) is 0 Å². The summed E-state index contributed by atoms with van der Waals surface area (Å²) in [5, 5.41) is 0. The molecule has 1 aromatic heterocycles. The molecule has 7 nitrogen and oxygen atoms in total. The van der Waals surface area contributed by atoms with Crippen molar-refractivity contribution in [3.8, 4) is 16.9 Å². The van der Waals surface area contributed by atoms with Crippen LogP contribution in [0.15, 0.2) is 66.9 Å². The fourth-order valence-corrected chi connectivity index (χ4v) is 5.02. The Kier molecular flexibility index (Phi) is 5.07. The van der Waals surface area contributed by atoms with Gasteiger partial charge in [-0.15, -0.1) is 0 Å². The third kappa shape index (κ3) is 3.69. The molecule has 32 heavy (non-hydrogen) atoms. The quantitative estimate of drug-likeness (QED) is 0.627. The van der Waals surface area contributed by atoms with Gasteiger partial charge in [-0.05, 0) is 53.3 Å². The Bertz CT molecular complexity index is 1280.